The molecule has 1 fully saturated rings. The van der Waals surface area contributed by atoms with Crippen molar-refractivity contribution in [2.24, 2.45) is 5.16 Å². The molecule has 3 aromatic carbocycles. The van der Waals surface area contributed by atoms with Gasteiger partial charge in [0.15, 0.2) is 5.78 Å². The number of fused-ring (bicyclic) bond motifs is 3. The van der Waals surface area contributed by atoms with Gasteiger partial charge in [0.1, 0.15) is 12.4 Å². The van der Waals surface area contributed by atoms with Crippen molar-refractivity contribution in [2.45, 2.75) is 66.2 Å². The maximum absolute atomic E-state index is 13.6. The molecule has 0 radical (unpaired) electrons. The van der Waals surface area contributed by atoms with E-state index in [1.807, 2.05) is 61.5 Å². The fourth-order valence-electron chi connectivity index (χ4n) is 5.33. The van der Waals surface area contributed by atoms with E-state index in [4.69, 9.17) is 14.3 Å². The quantitative estimate of drug-likeness (QED) is 0.112. The largest absolute Gasteiger partial charge is 0.491 e. The second-order valence-electron chi connectivity index (χ2n) is 10.2. The monoisotopic (exact) mass is 526 g/mol. The molecule has 0 N–H and O–H groups in total. The number of rotatable bonds is 8. The summed E-state index contributed by atoms with van der Waals surface area (Å²) in [4.78, 5) is 29.6. The summed E-state index contributed by atoms with van der Waals surface area (Å²) in [6, 6.07) is 17.5. The van der Waals surface area contributed by atoms with Crippen LogP contribution in [0.3, 0.4) is 0 Å². The molecular formula is C32H34N2O5. The molecule has 5 rings (SSSR count). The summed E-state index contributed by atoms with van der Waals surface area (Å²) >= 11 is 0. The number of aromatic nitrogens is 1. The zero-order valence-electron chi connectivity index (χ0n) is 23.1. The van der Waals surface area contributed by atoms with Gasteiger partial charge in [-0.05, 0) is 100 Å². The molecular weight excluding hydrogens is 492 g/mol. The van der Waals surface area contributed by atoms with Crippen molar-refractivity contribution in [2.75, 3.05) is 6.61 Å². The number of carbonyl (C=O) groups excluding carboxylic acids is 2. The molecule has 39 heavy (non-hydrogen) atoms. The maximum atomic E-state index is 13.6. The smallest absolute Gasteiger partial charge is 0.331 e. The minimum Gasteiger partial charge on any atom is -0.491 e. The molecule has 1 aromatic heterocycles. The highest BCUT2D eigenvalue weighted by Gasteiger charge is 2.22. The third-order valence-electron chi connectivity index (χ3n) is 7.37. The number of nitrogens with zero attached hydrogens (tertiary/aromatic N) is 2. The van der Waals surface area contributed by atoms with Gasteiger partial charge in [-0.2, -0.15) is 0 Å². The SMILES string of the molecule is CCn1c2ccc(C(=O)c3ccc(OCC4CCC(C)O4)cc3C)cc2c2cc(C(C)=NOC(C)=O)ccc21. The molecule has 1 aliphatic heterocycles. The van der Waals surface area contributed by atoms with Crippen LogP contribution in [-0.2, 0) is 20.9 Å². The van der Waals surface area contributed by atoms with Gasteiger partial charge in [-0.25, -0.2) is 4.79 Å². The van der Waals surface area contributed by atoms with Crippen LogP contribution in [0.2, 0.25) is 0 Å². The van der Waals surface area contributed by atoms with Gasteiger partial charge in [-0.3, -0.25) is 4.79 Å². The van der Waals surface area contributed by atoms with Gasteiger partial charge in [-0.1, -0.05) is 11.2 Å². The lowest BCUT2D eigenvalue weighted by Gasteiger charge is -2.14. The second kappa shape index (κ2) is 11.0. The van der Waals surface area contributed by atoms with Crippen LogP contribution in [-0.4, -0.2) is 40.8 Å². The summed E-state index contributed by atoms with van der Waals surface area (Å²) in [6.07, 6.45) is 2.47. The Morgan fingerprint density at radius 3 is 2.28 bits per heavy atom. The van der Waals surface area contributed by atoms with Crippen molar-refractivity contribution in [1.82, 2.24) is 4.57 Å². The molecule has 7 heteroatoms. The molecule has 0 aliphatic carbocycles. The molecule has 2 unspecified atom stereocenters. The Balaban J connectivity index is 1.45. The van der Waals surface area contributed by atoms with Crippen LogP contribution in [0.4, 0.5) is 0 Å². The first-order valence-electron chi connectivity index (χ1n) is 13.5. The zero-order valence-corrected chi connectivity index (χ0v) is 23.1. The van der Waals surface area contributed by atoms with Gasteiger partial charge in [0.2, 0.25) is 0 Å². The predicted molar refractivity (Wildman–Crippen MR) is 153 cm³/mol. The molecule has 7 nitrogen and oxygen atoms in total. The summed E-state index contributed by atoms with van der Waals surface area (Å²) in [5.41, 5.74) is 5.71. The van der Waals surface area contributed by atoms with Crippen LogP contribution in [0.15, 0.2) is 59.8 Å². The summed E-state index contributed by atoms with van der Waals surface area (Å²) in [5, 5.41) is 5.94. The molecule has 2 atom stereocenters. The lowest BCUT2D eigenvalue weighted by atomic mass is 9.97. The first-order valence-corrected chi connectivity index (χ1v) is 13.5. The molecule has 0 bridgehead atoms. The van der Waals surface area contributed by atoms with Crippen LogP contribution < -0.4 is 4.74 Å². The average Bonchev–Trinajstić information content (AvgIpc) is 3.49. The van der Waals surface area contributed by atoms with Crippen molar-refractivity contribution in [1.29, 1.82) is 0 Å². The number of hydrogen-bond donors (Lipinski definition) is 0. The Bertz CT molecular complexity index is 1600. The third-order valence-corrected chi connectivity index (χ3v) is 7.37. The predicted octanol–water partition coefficient (Wildman–Crippen LogP) is 6.59. The van der Waals surface area contributed by atoms with Crippen molar-refractivity contribution < 1.29 is 23.9 Å². The zero-order chi connectivity index (χ0) is 27.7. The lowest BCUT2D eigenvalue weighted by molar-refractivity contribution is -0.140. The Morgan fingerprint density at radius 1 is 0.974 bits per heavy atom. The molecule has 0 spiro atoms. The maximum Gasteiger partial charge on any atom is 0.331 e. The molecule has 1 aliphatic rings. The number of ether oxygens (including phenoxy) is 2. The second-order valence-corrected chi connectivity index (χ2v) is 10.2. The van der Waals surface area contributed by atoms with Crippen LogP contribution in [0.5, 0.6) is 5.75 Å². The van der Waals surface area contributed by atoms with Crippen LogP contribution in [0, 0.1) is 6.92 Å². The minimum atomic E-state index is -0.464. The standard InChI is InChI=1S/C32H34N2O5/c1-6-34-30-13-8-23(21(4)33-39-22(5)35)16-28(30)29-17-24(9-14-31(29)34)32(36)27-12-11-25(15-19(27)2)37-18-26-10-7-20(3)38-26/h8-9,11-17,20,26H,6-7,10,18H2,1-5H3. The van der Waals surface area contributed by atoms with Gasteiger partial charge < -0.3 is 18.9 Å². The van der Waals surface area contributed by atoms with E-state index in [9.17, 15) is 9.59 Å². The van der Waals surface area contributed by atoms with Crippen LogP contribution >= 0.6 is 0 Å². The Labute approximate surface area is 228 Å². The van der Waals surface area contributed by atoms with Crippen LogP contribution in [0.25, 0.3) is 21.8 Å². The van der Waals surface area contributed by atoms with Gasteiger partial charge in [0.05, 0.1) is 17.9 Å². The summed E-state index contributed by atoms with van der Waals surface area (Å²) in [6.45, 7) is 10.6. The van der Waals surface area contributed by atoms with E-state index in [2.05, 4.69) is 23.6 Å². The fraction of sp³-hybridized carbons (Fsp3) is 0.344. The summed E-state index contributed by atoms with van der Waals surface area (Å²) in [5.74, 6) is 0.246. The van der Waals surface area contributed by atoms with Gasteiger partial charge >= 0.3 is 5.97 Å². The van der Waals surface area contributed by atoms with E-state index in [-0.39, 0.29) is 18.0 Å². The van der Waals surface area contributed by atoms with Crippen molar-refractivity contribution in [3.05, 3.63) is 76.9 Å². The normalized spacial score (nSPS) is 17.6. The Morgan fingerprint density at radius 2 is 1.67 bits per heavy atom. The van der Waals surface area contributed by atoms with E-state index in [0.717, 1.165) is 58.1 Å². The number of carbonyl (C=O) groups is 2. The number of oxime groups is 1. The van der Waals surface area contributed by atoms with Gasteiger partial charge in [0.25, 0.3) is 0 Å². The average molecular weight is 527 g/mol. The van der Waals surface area contributed by atoms with Crippen molar-refractivity contribution in [3.63, 3.8) is 0 Å². The third kappa shape index (κ3) is 5.45. The fourth-order valence-corrected chi connectivity index (χ4v) is 5.33. The molecule has 4 aromatic rings. The molecule has 0 amide bonds. The van der Waals surface area contributed by atoms with E-state index in [0.29, 0.717) is 23.4 Å². The highest BCUT2D eigenvalue weighted by Crippen LogP contribution is 2.32. The Hall–Kier alpha value is -3.97. The van der Waals surface area contributed by atoms with Crippen LogP contribution in [0.1, 0.15) is 67.6 Å². The molecule has 0 saturated carbocycles. The molecule has 202 valence electrons. The first-order chi connectivity index (χ1) is 18.7. The van der Waals surface area contributed by atoms with E-state index < -0.39 is 5.97 Å². The van der Waals surface area contributed by atoms with Gasteiger partial charge in [0, 0.05) is 46.4 Å². The summed E-state index contributed by atoms with van der Waals surface area (Å²) < 4.78 is 14.0. The van der Waals surface area contributed by atoms with E-state index in [1.165, 1.54) is 6.92 Å². The topological polar surface area (TPSA) is 79.1 Å². The number of aryl methyl sites for hydroxylation is 2. The molecule has 2 heterocycles. The van der Waals surface area contributed by atoms with E-state index in [1.54, 1.807) is 6.92 Å². The minimum absolute atomic E-state index is 0.0324. The van der Waals surface area contributed by atoms with Gasteiger partial charge in [-0.15, -0.1) is 0 Å². The highest BCUT2D eigenvalue weighted by atomic mass is 16.7. The highest BCUT2D eigenvalue weighted by molar-refractivity contribution is 6.16. The van der Waals surface area contributed by atoms with E-state index >= 15 is 0 Å². The summed E-state index contributed by atoms with van der Waals surface area (Å²) in [7, 11) is 0. The van der Waals surface area contributed by atoms with Crippen molar-refractivity contribution in [3.8, 4) is 5.75 Å². The number of benzene rings is 3. The first kappa shape index (κ1) is 26.6. The Kier molecular flexibility index (Phi) is 7.53. The number of ketones is 1. The van der Waals surface area contributed by atoms with Crippen molar-refractivity contribution >= 4 is 39.3 Å². The number of hydrogen-bond acceptors (Lipinski definition) is 6. The molecule has 1 saturated heterocycles. The lowest BCUT2D eigenvalue weighted by Crippen LogP contribution is -2.18.